The SMILES string of the molecule is CN=C(NCCC1CCN(CC(F)(F)F)CC1)N(C)CCc1cccs1.I. The van der Waals surface area contributed by atoms with Crippen molar-refractivity contribution in [2.24, 2.45) is 10.9 Å². The molecule has 1 N–H and O–H groups in total. The number of rotatable bonds is 7. The monoisotopic (exact) mass is 518 g/mol. The number of guanidine groups is 1. The van der Waals surface area contributed by atoms with Crippen molar-refractivity contribution in [2.45, 2.75) is 31.9 Å². The van der Waals surface area contributed by atoms with E-state index in [2.05, 4.69) is 32.7 Å². The molecular weight excluding hydrogens is 488 g/mol. The lowest BCUT2D eigenvalue weighted by molar-refractivity contribution is -0.148. The van der Waals surface area contributed by atoms with Crippen LogP contribution in [0.25, 0.3) is 0 Å². The summed E-state index contributed by atoms with van der Waals surface area (Å²) in [7, 11) is 3.80. The predicted molar refractivity (Wildman–Crippen MR) is 117 cm³/mol. The van der Waals surface area contributed by atoms with Gasteiger partial charge in [0.25, 0.3) is 0 Å². The molecule has 0 amide bonds. The first kappa shape index (κ1) is 24.5. The summed E-state index contributed by atoms with van der Waals surface area (Å²) in [4.78, 5) is 9.32. The van der Waals surface area contributed by atoms with Crippen LogP contribution in [-0.2, 0) is 6.42 Å². The van der Waals surface area contributed by atoms with E-state index >= 15 is 0 Å². The molecule has 1 fully saturated rings. The van der Waals surface area contributed by atoms with Gasteiger partial charge < -0.3 is 10.2 Å². The van der Waals surface area contributed by atoms with E-state index in [1.807, 2.05) is 7.05 Å². The second-order valence-corrected chi connectivity index (χ2v) is 7.88. The molecule has 1 saturated heterocycles. The van der Waals surface area contributed by atoms with E-state index in [1.54, 1.807) is 18.4 Å². The molecule has 4 nitrogen and oxygen atoms in total. The first-order valence-corrected chi connectivity index (χ1v) is 9.98. The van der Waals surface area contributed by atoms with Crippen molar-refractivity contribution in [1.29, 1.82) is 0 Å². The highest BCUT2D eigenvalue weighted by atomic mass is 127. The van der Waals surface area contributed by atoms with Gasteiger partial charge in [-0.3, -0.25) is 9.89 Å². The predicted octanol–water partition coefficient (Wildman–Crippen LogP) is 4.08. The topological polar surface area (TPSA) is 30.9 Å². The number of nitrogens with one attached hydrogen (secondary N) is 1. The zero-order valence-corrected chi connectivity index (χ0v) is 19.1. The summed E-state index contributed by atoms with van der Waals surface area (Å²) >= 11 is 1.76. The Kier molecular flexibility index (Phi) is 11.0. The maximum Gasteiger partial charge on any atom is 0.401 e. The molecule has 0 bridgehead atoms. The molecule has 0 spiro atoms. The fraction of sp³-hybridized carbons (Fsp3) is 0.722. The number of hydrogen-bond donors (Lipinski definition) is 1. The van der Waals surface area contributed by atoms with E-state index in [0.29, 0.717) is 19.0 Å². The van der Waals surface area contributed by atoms with Crippen molar-refractivity contribution < 1.29 is 13.2 Å². The van der Waals surface area contributed by atoms with Gasteiger partial charge in [0.1, 0.15) is 0 Å². The number of alkyl halides is 3. The molecule has 2 heterocycles. The molecule has 9 heteroatoms. The largest absolute Gasteiger partial charge is 0.401 e. The summed E-state index contributed by atoms with van der Waals surface area (Å²) in [6, 6.07) is 4.20. The van der Waals surface area contributed by atoms with Crippen LogP contribution in [0, 0.1) is 5.92 Å². The number of piperidine rings is 1. The molecule has 27 heavy (non-hydrogen) atoms. The van der Waals surface area contributed by atoms with E-state index in [0.717, 1.165) is 44.7 Å². The zero-order valence-electron chi connectivity index (χ0n) is 16.0. The van der Waals surface area contributed by atoms with Crippen molar-refractivity contribution in [1.82, 2.24) is 15.1 Å². The Morgan fingerprint density at radius 3 is 2.63 bits per heavy atom. The lowest BCUT2D eigenvalue weighted by atomic mass is 9.93. The summed E-state index contributed by atoms with van der Waals surface area (Å²) in [5.74, 6) is 1.36. The van der Waals surface area contributed by atoms with Gasteiger partial charge in [-0.05, 0) is 56.1 Å². The molecule has 1 aromatic heterocycles. The average Bonchev–Trinajstić information content (AvgIpc) is 3.10. The fourth-order valence-corrected chi connectivity index (χ4v) is 4.00. The number of likely N-dealkylation sites (N-methyl/N-ethyl adjacent to an activating group) is 1. The number of thiophene rings is 1. The molecule has 1 aromatic rings. The number of hydrogen-bond acceptors (Lipinski definition) is 3. The van der Waals surface area contributed by atoms with E-state index in [4.69, 9.17) is 0 Å². The number of aliphatic imine (C=N–C) groups is 1. The van der Waals surface area contributed by atoms with Crippen LogP contribution >= 0.6 is 35.3 Å². The summed E-state index contributed by atoms with van der Waals surface area (Å²) in [6.45, 7) is 2.01. The van der Waals surface area contributed by atoms with Gasteiger partial charge in [0.05, 0.1) is 6.54 Å². The number of nitrogens with zero attached hydrogens (tertiary/aromatic N) is 3. The van der Waals surface area contributed by atoms with Crippen LogP contribution in [0.3, 0.4) is 0 Å². The van der Waals surface area contributed by atoms with Gasteiger partial charge in [0, 0.05) is 32.1 Å². The Balaban J connectivity index is 0.00000364. The summed E-state index contributed by atoms with van der Waals surface area (Å²) in [5.41, 5.74) is 0. The Bertz CT molecular complexity index is 543. The summed E-state index contributed by atoms with van der Waals surface area (Å²) in [6.07, 6.45) is -0.450. The molecule has 0 radical (unpaired) electrons. The van der Waals surface area contributed by atoms with Crippen molar-refractivity contribution in [3.8, 4) is 0 Å². The van der Waals surface area contributed by atoms with E-state index in [1.165, 1.54) is 9.78 Å². The third kappa shape index (κ3) is 9.47. The first-order chi connectivity index (χ1) is 12.4. The molecule has 1 aliphatic rings. The molecule has 0 aliphatic carbocycles. The number of halogens is 4. The highest BCUT2D eigenvalue weighted by Crippen LogP contribution is 2.24. The van der Waals surface area contributed by atoms with E-state index in [-0.39, 0.29) is 24.0 Å². The lowest BCUT2D eigenvalue weighted by Crippen LogP contribution is -2.42. The highest BCUT2D eigenvalue weighted by molar-refractivity contribution is 14.0. The summed E-state index contributed by atoms with van der Waals surface area (Å²) < 4.78 is 37.3. The first-order valence-electron chi connectivity index (χ1n) is 9.10. The van der Waals surface area contributed by atoms with Gasteiger partial charge >= 0.3 is 6.18 Å². The second kappa shape index (κ2) is 12.1. The van der Waals surface area contributed by atoms with Crippen LogP contribution in [0.1, 0.15) is 24.1 Å². The quantitative estimate of drug-likeness (QED) is 0.336. The van der Waals surface area contributed by atoms with Gasteiger partial charge in [0.2, 0.25) is 0 Å². The molecule has 0 aromatic carbocycles. The Labute approximate surface area is 181 Å². The Morgan fingerprint density at radius 2 is 2.07 bits per heavy atom. The van der Waals surface area contributed by atoms with Gasteiger partial charge in [0.15, 0.2) is 5.96 Å². The minimum absolute atomic E-state index is 0. The maximum atomic E-state index is 12.4. The minimum atomic E-state index is -4.09. The van der Waals surface area contributed by atoms with E-state index in [9.17, 15) is 13.2 Å². The van der Waals surface area contributed by atoms with Crippen molar-refractivity contribution in [3.63, 3.8) is 0 Å². The van der Waals surface area contributed by atoms with Gasteiger partial charge in [-0.15, -0.1) is 35.3 Å². The van der Waals surface area contributed by atoms with Gasteiger partial charge in [-0.1, -0.05) is 6.07 Å². The third-order valence-corrected chi connectivity index (χ3v) is 5.73. The fourth-order valence-electron chi connectivity index (χ4n) is 3.30. The van der Waals surface area contributed by atoms with Crippen molar-refractivity contribution in [2.75, 3.05) is 46.8 Å². The lowest BCUT2D eigenvalue weighted by Gasteiger charge is -2.32. The molecule has 0 saturated carbocycles. The minimum Gasteiger partial charge on any atom is -0.356 e. The van der Waals surface area contributed by atoms with Crippen molar-refractivity contribution in [3.05, 3.63) is 22.4 Å². The molecule has 1 aliphatic heterocycles. The number of likely N-dealkylation sites (tertiary alicyclic amines) is 1. The normalized spacial score (nSPS) is 16.9. The van der Waals surface area contributed by atoms with Gasteiger partial charge in [-0.2, -0.15) is 13.2 Å². The maximum absolute atomic E-state index is 12.4. The van der Waals surface area contributed by atoms with Crippen molar-refractivity contribution >= 4 is 41.3 Å². The molecule has 0 atom stereocenters. The van der Waals surface area contributed by atoms with Gasteiger partial charge in [-0.25, -0.2) is 0 Å². The molecule has 156 valence electrons. The zero-order chi connectivity index (χ0) is 19.0. The third-order valence-electron chi connectivity index (χ3n) is 4.79. The average molecular weight is 518 g/mol. The molecular formula is C18H30F3IN4S. The second-order valence-electron chi connectivity index (χ2n) is 6.85. The van der Waals surface area contributed by atoms with Crippen LogP contribution in [-0.4, -0.2) is 68.8 Å². The van der Waals surface area contributed by atoms with E-state index < -0.39 is 12.7 Å². The summed E-state index contributed by atoms with van der Waals surface area (Å²) in [5, 5.41) is 5.47. The molecule has 2 rings (SSSR count). The Hall–Kier alpha value is -0.550. The standard InChI is InChI=1S/C18H29F3N4S.HI/c1-22-17(24(2)10-8-16-4-3-13-26-16)23-9-5-15-6-11-25(12-7-15)14-18(19,20)21;/h3-4,13,15H,5-12,14H2,1-2H3,(H,22,23);1H. The highest BCUT2D eigenvalue weighted by Gasteiger charge is 2.32. The Morgan fingerprint density at radius 1 is 1.37 bits per heavy atom. The van der Waals surface area contributed by atoms with Crippen LogP contribution in [0.4, 0.5) is 13.2 Å². The molecule has 0 unspecified atom stereocenters. The van der Waals surface area contributed by atoms with Crippen LogP contribution in [0.5, 0.6) is 0 Å². The van der Waals surface area contributed by atoms with Crippen LogP contribution < -0.4 is 5.32 Å². The van der Waals surface area contributed by atoms with Crippen LogP contribution in [0.2, 0.25) is 0 Å². The smallest absolute Gasteiger partial charge is 0.356 e. The van der Waals surface area contributed by atoms with Crippen LogP contribution in [0.15, 0.2) is 22.5 Å².